The van der Waals surface area contributed by atoms with Gasteiger partial charge in [-0.05, 0) is 55.5 Å². The van der Waals surface area contributed by atoms with Crippen molar-refractivity contribution in [3.63, 3.8) is 0 Å². The molecule has 1 unspecified atom stereocenters. The van der Waals surface area contributed by atoms with Gasteiger partial charge < -0.3 is 19.5 Å². The summed E-state index contributed by atoms with van der Waals surface area (Å²) in [4.78, 5) is 0. The van der Waals surface area contributed by atoms with Crippen molar-refractivity contribution in [2.45, 2.75) is 13.0 Å². The van der Waals surface area contributed by atoms with E-state index in [0.29, 0.717) is 13.2 Å². The number of rotatable bonds is 10. The Labute approximate surface area is 160 Å². The molecule has 0 saturated carbocycles. The maximum Gasteiger partial charge on any atom is 0.122 e. The number of nitrogens with one attached hydrogen (secondary N) is 1. The van der Waals surface area contributed by atoms with E-state index in [9.17, 15) is 0 Å². The molecule has 0 heterocycles. The van der Waals surface area contributed by atoms with Crippen LogP contribution in [0.3, 0.4) is 0 Å². The molecule has 0 aliphatic heterocycles. The van der Waals surface area contributed by atoms with Gasteiger partial charge in [-0.1, -0.05) is 36.4 Å². The van der Waals surface area contributed by atoms with Gasteiger partial charge in [0.05, 0.1) is 6.54 Å². The van der Waals surface area contributed by atoms with Crippen molar-refractivity contribution >= 4 is 5.69 Å². The Balaban J connectivity index is 1.35. The number of hydrogen-bond acceptors (Lipinski definition) is 4. The van der Waals surface area contributed by atoms with Crippen molar-refractivity contribution in [1.29, 1.82) is 0 Å². The zero-order valence-corrected chi connectivity index (χ0v) is 15.5. The molecule has 4 heteroatoms. The summed E-state index contributed by atoms with van der Waals surface area (Å²) in [5.74, 6) is 2.56. The monoisotopic (exact) mass is 363 g/mol. The van der Waals surface area contributed by atoms with Crippen LogP contribution in [-0.2, 0) is 0 Å². The lowest BCUT2D eigenvalue weighted by Gasteiger charge is -2.16. The predicted octanol–water partition coefficient (Wildman–Crippen LogP) is 5.02. The quantitative estimate of drug-likeness (QED) is 0.513. The van der Waals surface area contributed by atoms with Gasteiger partial charge in [0.15, 0.2) is 0 Å². The Morgan fingerprint density at radius 1 is 0.667 bits per heavy atom. The molecule has 3 aromatic carbocycles. The molecule has 0 fully saturated rings. The van der Waals surface area contributed by atoms with Crippen LogP contribution < -0.4 is 19.5 Å². The number of hydrogen-bond donors (Lipinski definition) is 1. The maximum absolute atomic E-state index is 5.86. The third-order valence-corrected chi connectivity index (χ3v) is 3.89. The van der Waals surface area contributed by atoms with Crippen LogP contribution in [0.5, 0.6) is 17.2 Å². The summed E-state index contributed by atoms with van der Waals surface area (Å²) in [6.07, 6.45) is 0.0680. The van der Waals surface area contributed by atoms with Gasteiger partial charge in [0.2, 0.25) is 0 Å². The smallest absolute Gasteiger partial charge is 0.122 e. The molecule has 0 amide bonds. The molecule has 27 heavy (non-hydrogen) atoms. The molecule has 0 spiro atoms. The third-order valence-electron chi connectivity index (χ3n) is 3.89. The lowest BCUT2D eigenvalue weighted by Crippen LogP contribution is -2.22. The van der Waals surface area contributed by atoms with E-state index >= 15 is 0 Å². The van der Waals surface area contributed by atoms with Crippen molar-refractivity contribution in [3.05, 3.63) is 84.9 Å². The average Bonchev–Trinajstić information content (AvgIpc) is 2.72. The Kier molecular flexibility index (Phi) is 6.99. The molecule has 1 N–H and O–H groups in total. The zero-order valence-electron chi connectivity index (χ0n) is 15.5. The lowest BCUT2D eigenvalue weighted by atomic mass is 10.3. The van der Waals surface area contributed by atoms with E-state index in [4.69, 9.17) is 14.2 Å². The minimum Gasteiger partial charge on any atom is -0.490 e. The topological polar surface area (TPSA) is 39.7 Å². The third kappa shape index (κ3) is 6.59. The van der Waals surface area contributed by atoms with E-state index in [0.717, 1.165) is 29.5 Å². The first-order valence-electron chi connectivity index (χ1n) is 9.16. The summed E-state index contributed by atoms with van der Waals surface area (Å²) in [7, 11) is 0. The van der Waals surface area contributed by atoms with Crippen LogP contribution >= 0.6 is 0 Å². The molecular weight excluding hydrogens is 338 g/mol. The van der Waals surface area contributed by atoms with Gasteiger partial charge in [0, 0.05) is 5.69 Å². The summed E-state index contributed by atoms with van der Waals surface area (Å²) in [6, 6.07) is 27.5. The van der Waals surface area contributed by atoms with Gasteiger partial charge >= 0.3 is 0 Å². The molecule has 3 rings (SSSR count). The SMILES string of the molecule is CC(CNc1ccc(OCCOc2ccccc2)cc1)Oc1ccccc1. The molecule has 0 bridgehead atoms. The van der Waals surface area contributed by atoms with Gasteiger partial charge in [0.1, 0.15) is 36.6 Å². The van der Waals surface area contributed by atoms with Gasteiger partial charge in [-0.15, -0.1) is 0 Å². The van der Waals surface area contributed by atoms with Crippen LogP contribution in [0.2, 0.25) is 0 Å². The highest BCUT2D eigenvalue weighted by molar-refractivity contribution is 5.46. The summed E-state index contributed by atoms with van der Waals surface area (Å²) < 4.78 is 17.2. The predicted molar refractivity (Wildman–Crippen MR) is 109 cm³/mol. The zero-order chi connectivity index (χ0) is 18.7. The van der Waals surface area contributed by atoms with Gasteiger partial charge in [-0.2, -0.15) is 0 Å². The Morgan fingerprint density at radius 2 is 1.19 bits per heavy atom. The van der Waals surface area contributed by atoms with E-state index in [-0.39, 0.29) is 6.10 Å². The molecule has 140 valence electrons. The van der Waals surface area contributed by atoms with Crippen LogP contribution in [0.25, 0.3) is 0 Å². The molecule has 0 aliphatic carbocycles. The summed E-state index contributed by atoms with van der Waals surface area (Å²) >= 11 is 0. The molecule has 1 atom stereocenters. The first kappa shape index (κ1) is 18.6. The van der Waals surface area contributed by atoms with E-state index < -0.39 is 0 Å². The second kappa shape index (κ2) is 10.1. The second-order valence-electron chi connectivity index (χ2n) is 6.16. The van der Waals surface area contributed by atoms with Crippen molar-refractivity contribution in [2.75, 3.05) is 25.1 Å². The summed E-state index contributed by atoms with van der Waals surface area (Å²) in [6.45, 7) is 3.78. The fourth-order valence-corrected chi connectivity index (χ4v) is 2.54. The fraction of sp³-hybridized carbons (Fsp3) is 0.217. The van der Waals surface area contributed by atoms with Crippen molar-refractivity contribution in [1.82, 2.24) is 0 Å². The molecular formula is C23H25NO3. The van der Waals surface area contributed by atoms with Crippen LogP contribution in [0.15, 0.2) is 84.9 Å². The largest absolute Gasteiger partial charge is 0.490 e. The average molecular weight is 363 g/mol. The number of ether oxygens (including phenoxy) is 3. The van der Waals surface area contributed by atoms with Gasteiger partial charge in [0.25, 0.3) is 0 Å². The minimum atomic E-state index is 0.0680. The molecule has 0 aliphatic rings. The highest BCUT2D eigenvalue weighted by Crippen LogP contribution is 2.17. The first-order chi connectivity index (χ1) is 13.3. The Morgan fingerprint density at radius 3 is 1.78 bits per heavy atom. The summed E-state index contributed by atoms with van der Waals surface area (Å²) in [5.41, 5.74) is 1.03. The van der Waals surface area contributed by atoms with Crippen LogP contribution in [0, 0.1) is 0 Å². The van der Waals surface area contributed by atoms with E-state index in [1.54, 1.807) is 0 Å². The Hall–Kier alpha value is -3.14. The van der Waals surface area contributed by atoms with E-state index in [1.807, 2.05) is 91.9 Å². The van der Waals surface area contributed by atoms with Crippen molar-refractivity contribution in [2.24, 2.45) is 0 Å². The van der Waals surface area contributed by atoms with Crippen molar-refractivity contribution in [3.8, 4) is 17.2 Å². The normalized spacial score (nSPS) is 11.4. The fourth-order valence-electron chi connectivity index (χ4n) is 2.54. The molecule has 3 aromatic rings. The van der Waals surface area contributed by atoms with Gasteiger partial charge in [-0.25, -0.2) is 0 Å². The number of para-hydroxylation sites is 2. The lowest BCUT2D eigenvalue weighted by molar-refractivity contribution is 0.217. The van der Waals surface area contributed by atoms with Crippen molar-refractivity contribution < 1.29 is 14.2 Å². The minimum absolute atomic E-state index is 0.0680. The summed E-state index contributed by atoms with van der Waals surface area (Å²) in [5, 5.41) is 3.38. The molecule has 0 aromatic heterocycles. The molecule has 4 nitrogen and oxygen atoms in total. The van der Waals surface area contributed by atoms with E-state index in [2.05, 4.69) is 5.32 Å². The number of anilines is 1. The second-order valence-corrected chi connectivity index (χ2v) is 6.16. The highest BCUT2D eigenvalue weighted by Gasteiger charge is 2.04. The Bertz CT molecular complexity index is 776. The number of benzene rings is 3. The van der Waals surface area contributed by atoms with Crippen LogP contribution in [0.4, 0.5) is 5.69 Å². The molecule has 0 radical (unpaired) electrons. The standard InChI is InChI=1S/C23H25NO3/c1-19(27-23-10-6-3-7-11-23)18-24-20-12-14-22(15-13-20)26-17-16-25-21-8-4-2-5-9-21/h2-15,19,24H,16-18H2,1H3. The first-order valence-corrected chi connectivity index (χ1v) is 9.16. The maximum atomic E-state index is 5.86. The van der Waals surface area contributed by atoms with Crippen LogP contribution in [-0.4, -0.2) is 25.9 Å². The van der Waals surface area contributed by atoms with Crippen LogP contribution in [0.1, 0.15) is 6.92 Å². The van der Waals surface area contributed by atoms with Gasteiger partial charge in [-0.3, -0.25) is 0 Å². The highest BCUT2D eigenvalue weighted by atomic mass is 16.5. The molecule has 0 saturated heterocycles. The van der Waals surface area contributed by atoms with E-state index in [1.165, 1.54) is 0 Å².